The summed E-state index contributed by atoms with van der Waals surface area (Å²) in [4.78, 5) is 11.3. The average molecular weight is 301 g/mol. The van der Waals surface area contributed by atoms with Gasteiger partial charge < -0.3 is 19.9 Å². The van der Waals surface area contributed by atoms with E-state index in [-0.39, 0.29) is 5.97 Å². The summed E-state index contributed by atoms with van der Waals surface area (Å²) in [7, 11) is 1.35. The second-order valence-corrected chi connectivity index (χ2v) is 4.60. The molecule has 2 N–H and O–H groups in total. The van der Waals surface area contributed by atoms with Gasteiger partial charge in [0.1, 0.15) is 11.5 Å². The largest absolute Gasteiger partial charge is 0.493 e. The van der Waals surface area contributed by atoms with E-state index in [1.54, 1.807) is 30.3 Å². The van der Waals surface area contributed by atoms with Gasteiger partial charge in [0.05, 0.1) is 31.6 Å². The number of nitrogen functional groups attached to an aromatic ring is 1. The second-order valence-electron chi connectivity index (χ2n) is 4.60. The Kier molecular flexibility index (Phi) is 5.65. The van der Waals surface area contributed by atoms with Crippen LogP contribution in [0.1, 0.15) is 16.8 Å². The number of benzene rings is 2. The first-order valence-electron chi connectivity index (χ1n) is 6.99. The van der Waals surface area contributed by atoms with Crippen LogP contribution >= 0.6 is 0 Å². The van der Waals surface area contributed by atoms with Gasteiger partial charge in [0, 0.05) is 6.42 Å². The molecule has 0 aliphatic rings. The minimum Gasteiger partial charge on any atom is -0.493 e. The Labute approximate surface area is 129 Å². The number of hydrogen-bond donors (Lipinski definition) is 1. The van der Waals surface area contributed by atoms with Gasteiger partial charge in [0.25, 0.3) is 0 Å². The van der Waals surface area contributed by atoms with Crippen LogP contribution in [-0.2, 0) is 4.74 Å². The summed E-state index contributed by atoms with van der Waals surface area (Å²) in [5.74, 6) is 1.03. The third kappa shape index (κ3) is 4.41. The van der Waals surface area contributed by atoms with Crippen LogP contribution in [0, 0.1) is 0 Å². The van der Waals surface area contributed by atoms with E-state index in [4.69, 9.17) is 15.2 Å². The first-order chi connectivity index (χ1) is 10.7. The summed E-state index contributed by atoms with van der Waals surface area (Å²) >= 11 is 0. The van der Waals surface area contributed by atoms with Gasteiger partial charge in [-0.15, -0.1) is 0 Å². The first kappa shape index (κ1) is 15.7. The molecule has 0 saturated heterocycles. The predicted octanol–water partition coefficient (Wildman–Crippen LogP) is 2.90. The van der Waals surface area contributed by atoms with Crippen LogP contribution in [0.3, 0.4) is 0 Å². The van der Waals surface area contributed by atoms with Gasteiger partial charge in [-0.05, 0) is 36.4 Å². The fraction of sp³-hybridized carbons (Fsp3) is 0.235. The lowest BCUT2D eigenvalue weighted by Gasteiger charge is -2.09. The van der Waals surface area contributed by atoms with Crippen molar-refractivity contribution in [3.63, 3.8) is 0 Å². The van der Waals surface area contributed by atoms with Crippen LogP contribution in [0.4, 0.5) is 5.69 Å². The quantitative estimate of drug-likeness (QED) is 0.484. The highest BCUT2D eigenvalue weighted by Crippen LogP contribution is 2.19. The number of carbonyl (C=O) groups is 1. The highest BCUT2D eigenvalue weighted by molar-refractivity contribution is 5.89. The Hall–Kier alpha value is -2.69. The maximum atomic E-state index is 11.3. The van der Waals surface area contributed by atoms with Gasteiger partial charge in [-0.1, -0.05) is 12.1 Å². The lowest BCUT2D eigenvalue weighted by Crippen LogP contribution is -2.06. The summed E-state index contributed by atoms with van der Waals surface area (Å²) in [5, 5.41) is 0. The van der Waals surface area contributed by atoms with Crippen LogP contribution < -0.4 is 15.2 Å². The number of ether oxygens (including phenoxy) is 3. The zero-order chi connectivity index (χ0) is 15.8. The number of methoxy groups -OCH3 is 1. The minimum atomic E-state index is -0.361. The van der Waals surface area contributed by atoms with Gasteiger partial charge in [0.2, 0.25) is 0 Å². The Balaban J connectivity index is 1.70. The number of anilines is 1. The van der Waals surface area contributed by atoms with E-state index in [0.29, 0.717) is 36.0 Å². The van der Waals surface area contributed by atoms with E-state index in [1.165, 1.54) is 7.11 Å². The van der Waals surface area contributed by atoms with Crippen LogP contribution in [0.15, 0.2) is 48.5 Å². The van der Waals surface area contributed by atoms with Crippen LogP contribution in [0.25, 0.3) is 0 Å². The molecule has 116 valence electrons. The van der Waals surface area contributed by atoms with Gasteiger partial charge in [-0.3, -0.25) is 0 Å². The van der Waals surface area contributed by atoms with E-state index in [1.807, 2.05) is 18.2 Å². The van der Waals surface area contributed by atoms with Crippen molar-refractivity contribution in [2.75, 3.05) is 26.1 Å². The van der Waals surface area contributed by atoms with Crippen molar-refractivity contribution >= 4 is 11.7 Å². The molecule has 0 aliphatic carbocycles. The highest BCUT2D eigenvalue weighted by Gasteiger charge is 2.04. The average Bonchev–Trinajstić information content (AvgIpc) is 2.56. The van der Waals surface area contributed by atoms with Crippen LogP contribution in [0.5, 0.6) is 11.5 Å². The molecule has 0 amide bonds. The third-order valence-electron chi connectivity index (χ3n) is 3.01. The van der Waals surface area contributed by atoms with Gasteiger partial charge in [-0.25, -0.2) is 4.79 Å². The molecule has 0 saturated carbocycles. The Morgan fingerprint density at radius 3 is 2.36 bits per heavy atom. The topological polar surface area (TPSA) is 70.8 Å². The molecule has 5 heteroatoms. The molecule has 0 bridgehead atoms. The van der Waals surface area contributed by atoms with Gasteiger partial charge >= 0.3 is 5.97 Å². The normalized spacial score (nSPS) is 10.0. The summed E-state index contributed by atoms with van der Waals surface area (Å²) in [6.45, 7) is 1.04. The number of carbonyl (C=O) groups excluding carboxylic acids is 1. The molecule has 0 aliphatic heterocycles. The molecule has 0 atom stereocenters. The summed E-state index contributed by atoms with van der Waals surface area (Å²) in [6.07, 6.45) is 0.729. The summed E-state index contributed by atoms with van der Waals surface area (Å²) < 4.78 is 15.8. The first-order valence-corrected chi connectivity index (χ1v) is 6.99. The molecular weight excluding hydrogens is 282 g/mol. The lowest BCUT2D eigenvalue weighted by molar-refractivity contribution is 0.0600. The fourth-order valence-corrected chi connectivity index (χ4v) is 1.85. The molecule has 0 unspecified atom stereocenters. The number of para-hydroxylation sites is 2. The number of nitrogens with two attached hydrogens (primary N) is 1. The molecule has 0 aromatic heterocycles. The zero-order valence-corrected chi connectivity index (χ0v) is 12.5. The molecule has 2 rings (SSSR count). The van der Waals surface area contributed by atoms with Crippen LogP contribution in [-0.4, -0.2) is 26.3 Å². The Bertz CT molecular complexity index is 610. The molecular formula is C17H19NO4. The number of esters is 1. The van der Waals surface area contributed by atoms with E-state index >= 15 is 0 Å². The van der Waals surface area contributed by atoms with Crippen molar-refractivity contribution in [1.29, 1.82) is 0 Å². The standard InChI is InChI=1S/C17H19NO4/c1-20-17(19)13-7-9-14(10-8-13)21-11-4-12-22-16-6-3-2-5-15(16)18/h2-3,5-10H,4,11-12,18H2,1H3. The zero-order valence-electron chi connectivity index (χ0n) is 12.5. The second kappa shape index (κ2) is 7.93. The SMILES string of the molecule is COC(=O)c1ccc(OCCCOc2ccccc2N)cc1. The van der Waals surface area contributed by atoms with E-state index < -0.39 is 0 Å². The van der Waals surface area contributed by atoms with E-state index in [0.717, 1.165) is 6.42 Å². The molecule has 0 radical (unpaired) electrons. The monoisotopic (exact) mass is 301 g/mol. The molecule has 5 nitrogen and oxygen atoms in total. The fourth-order valence-electron chi connectivity index (χ4n) is 1.85. The maximum absolute atomic E-state index is 11.3. The van der Waals surface area contributed by atoms with Gasteiger partial charge in [-0.2, -0.15) is 0 Å². The molecule has 2 aromatic rings. The maximum Gasteiger partial charge on any atom is 0.337 e. The van der Waals surface area contributed by atoms with Crippen LogP contribution in [0.2, 0.25) is 0 Å². The van der Waals surface area contributed by atoms with Crippen molar-refractivity contribution in [1.82, 2.24) is 0 Å². The number of hydrogen-bond acceptors (Lipinski definition) is 5. The number of rotatable bonds is 7. The van der Waals surface area contributed by atoms with Crippen molar-refractivity contribution in [2.45, 2.75) is 6.42 Å². The molecule has 0 heterocycles. The van der Waals surface area contributed by atoms with Crippen molar-refractivity contribution in [3.05, 3.63) is 54.1 Å². The van der Waals surface area contributed by atoms with Crippen molar-refractivity contribution < 1.29 is 19.0 Å². The smallest absolute Gasteiger partial charge is 0.337 e. The molecule has 2 aromatic carbocycles. The Morgan fingerprint density at radius 1 is 1.00 bits per heavy atom. The molecule has 0 spiro atoms. The highest BCUT2D eigenvalue weighted by atomic mass is 16.5. The molecule has 0 fully saturated rings. The van der Waals surface area contributed by atoms with Crippen molar-refractivity contribution in [3.8, 4) is 11.5 Å². The lowest BCUT2D eigenvalue weighted by atomic mass is 10.2. The van der Waals surface area contributed by atoms with E-state index in [2.05, 4.69) is 4.74 Å². The van der Waals surface area contributed by atoms with Crippen molar-refractivity contribution in [2.24, 2.45) is 0 Å². The molecule has 22 heavy (non-hydrogen) atoms. The van der Waals surface area contributed by atoms with Gasteiger partial charge in [0.15, 0.2) is 0 Å². The van der Waals surface area contributed by atoms with E-state index in [9.17, 15) is 4.79 Å². The predicted molar refractivity (Wildman–Crippen MR) is 84.2 cm³/mol. The summed E-state index contributed by atoms with van der Waals surface area (Å²) in [5.41, 5.74) is 6.91. The minimum absolute atomic E-state index is 0.361. The Morgan fingerprint density at radius 2 is 1.68 bits per heavy atom. The summed E-state index contributed by atoms with van der Waals surface area (Å²) in [6, 6.07) is 14.2. The third-order valence-corrected chi connectivity index (χ3v) is 3.01.